The van der Waals surface area contributed by atoms with Crippen molar-refractivity contribution in [2.75, 3.05) is 7.05 Å². The molecule has 1 aliphatic carbocycles. The molecule has 0 saturated heterocycles. The summed E-state index contributed by atoms with van der Waals surface area (Å²) in [7, 11) is 1.60. The Morgan fingerprint density at radius 3 is 2.74 bits per heavy atom. The molecule has 2 amide bonds. The summed E-state index contributed by atoms with van der Waals surface area (Å²) < 4.78 is 2.14. The van der Waals surface area contributed by atoms with Gasteiger partial charge in [-0.05, 0) is 62.9 Å². The molecule has 34 heavy (non-hydrogen) atoms. The van der Waals surface area contributed by atoms with E-state index in [1.54, 1.807) is 25.5 Å². The van der Waals surface area contributed by atoms with E-state index in [1.807, 2.05) is 37.3 Å². The van der Waals surface area contributed by atoms with Crippen LogP contribution in [0.4, 0.5) is 0 Å². The van der Waals surface area contributed by atoms with Crippen LogP contribution in [0.5, 0.6) is 0 Å². The molecule has 5 rings (SSSR count). The number of hydrogen-bond donors (Lipinski definition) is 2. The zero-order chi connectivity index (χ0) is 23.7. The third-order valence-corrected chi connectivity index (χ3v) is 7.22. The molecule has 4 aromatic heterocycles. The van der Waals surface area contributed by atoms with Gasteiger partial charge in [-0.15, -0.1) is 11.3 Å². The highest BCUT2D eigenvalue weighted by molar-refractivity contribution is 7.13. The fourth-order valence-electron chi connectivity index (χ4n) is 4.61. The third-order valence-electron chi connectivity index (χ3n) is 6.22. The van der Waals surface area contributed by atoms with Gasteiger partial charge in [0.15, 0.2) is 11.5 Å². The van der Waals surface area contributed by atoms with E-state index < -0.39 is 0 Å². The first-order valence-electron chi connectivity index (χ1n) is 11.4. The SMILES string of the molecule is CNC(=O)c1cnc2c(c1)nc(-c1ccccn1)n2[C@H]1CCC[C@@H](NC(=O)c2ccc(C)s2)C1. The van der Waals surface area contributed by atoms with Crippen molar-refractivity contribution in [1.29, 1.82) is 0 Å². The van der Waals surface area contributed by atoms with Crippen LogP contribution in [0.2, 0.25) is 0 Å². The summed E-state index contributed by atoms with van der Waals surface area (Å²) in [6.45, 7) is 2.00. The fraction of sp³-hybridized carbons (Fsp3) is 0.320. The Bertz CT molecular complexity index is 1350. The van der Waals surface area contributed by atoms with Crippen molar-refractivity contribution in [1.82, 2.24) is 30.2 Å². The van der Waals surface area contributed by atoms with E-state index in [4.69, 9.17) is 4.98 Å². The molecule has 4 aromatic rings. The molecule has 0 spiro atoms. The largest absolute Gasteiger partial charge is 0.355 e. The molecule has 0 radical (unpaired) electrons. The molecular weight excluding hydrogens is 448 g/mol. The average Bonchev–Trinajstić information content (AvgIpc) is 3.47. The van der Waals surface area contributed by atoms with Gasteiger partial charge in [-0.1, -0.05) is 6.07 Å². The highest BCUT2D eigenvalue weighted by Gasteiger charge is 2.29. The topological polar surface area (TPSA) is 102 Å². The van der Waals surface area contributed by atoms with Gasteiger partial charge in [-0.25, -0.2) is 9.97 Å². The molecule has 1 fully saturated rings. The van der Waals surface area contributed by atoms with E-state index in [2.05, 4.69) is 25.2 Å². The fourth-order valence-corrected chi connectivity index (χ4v) is 5.39. The van der Waals surface area contributed by atoms with Crippen LogP contribution in [0.1, 0.15) is 56.6 Å². The van der Waals surface area contributed by atoms with Crippen LogP contribution in [-0.2, 0) is 0 Å². The summed E-state index contributed by atoms with van der Waals surface area (Å²) in [4.78, 5) is 40.8. The van der Waals surface area contributed by atoms with Crippen molar-refractivity contribution in [2.24, 2.45) is 0 Å². The van der Waals surface area contributed by atoms with Crippen LogP contribution in [0.3, 0.4) is 0 Å². The van der Waals surface area contributed by atoms with Gasteiger partial charge in [0.2, 0.25) is 0 Å². The normalized spacial score (nSPS) is 18.1. The van der Waals surface area contributed by atoms with Gasteiger partial charge in [0, 0.05) is 36.4 Å². The van der Waals surface area contributed by atoms with Gasteiger partial charge in [0.05, 0.1) is 10.4 Å². The Morgan fingerprint density at radius 2 is 2.00 bits per heavy atom. The van der Waals surface area contributed by atoms with E-state index in [1.165, 1.54) is 11.3 Å². The number of amides is 2. The van der Waals surface area contributed by atoms with Crippen molar-refractivity contribution in [3.63, 3.8) is 0 Å². The number of fused-ring (bicyclic) bond motifs is 1. The quantitative estimate of drug-likeness (QED) is 0.453. The Morgan fingerprint density at radius 1 is 1.12 bits per heavy atom. The number of thiophene rings is 1. The van der Waals surface area contributed by atoms with E-state index in [-0.39, 0.29) is 23.9 Å². The summed E-state index contributed by atoms with van der Waals surface area (Å²) >= 11 is 1.51. The van der Waals surface area contributed by atoms with Crippen molar-refractivity contribution in [2.45, 2.75) is 44.7 Å². The van der Waals surface area contributed by atoms with Crippen molar-refractivity contribution in [3.05, 3.63) is 64.1 Å². The maximum atomic E-state index is 12.8. The second kappa shape index (κ2) is 9.34. The molecule has 0 aliphatic heterocycles. The first-order chi connectivity index (χ1) is 16.5. The Labute approximate surface area is 201 Å². The lowest BCUT2D eigenvalue weighted by atomic mass is 9.90. The molecule has 4 heterocycles. The van der Waals surface area contributed by atoms with Crippen molar-refractivity contribution >= 4 is 34.3 Å². The molecule has 9 heteroatoms. The van der Waals surface area contributed by atoms with Gasteiger partial charge in [0.1, 0.15) is 11.2 Å². The Balaban J connectivity index is 1.49. The highest BCUT2D eigenvalue weighted by atomic mass is 32.1. The number of nitrogens with one attached hydrogen (secondary N) is 2. The van der Waals surface area contributed by atoms with E-state index in [0.29, 0.717) is 11.1 Å². The lowest BCUT2D eigenvalue weighted by Crippen LogP contribution is -2.38. The van der Waals surface area contributed by atoms with Crippen molar-refractivity contribution < 1.29 is 9.59 Å². The van der Waals surface area contributed by atoms with E-state index in [0.717, 1.165) is 52.6 Å². The smallest absolute Gasteiger partial charge is 0.261 e. The molecule has 174 valence electrons. The van der Waals surface area contributed by atoms with Crippen LogP contribution < -0.4 is 10.6 Å². The predicted octanol–water partition coefficient (Wildman–Crippen LogP) is 4.14. The highest BCUT2D eigenvalue weighted by Crippen LogP contribution is 2.35. The van der Waals surface area contributed by atoms with Gasteiger partial charge in [-0.3, -0.25) is 14.6 Å². The zero-order valence-corrected chi connectivity index (χ0v) is 19.9. The standard InChI is InChI=1S/C25H26N6O2S/c1-15-9-10-21(34-15)25(33)29-17-6-5-7-18(13-17)31-22-20(12-16(14-28-22)24(32)26-2)30-23(31)19-8-3-4-11-27-19/h3-4,8-12,14,17-18H,5-7,13H2,1-2H3,(H,26,32)(H,29,33)/t17-,18+/m1/s1. The summed E-state index contributed by atoms with van der Waals surface area (Å²) in [6, 6.07) is 11.5. The number of aryl methyl sites for hydroxylation is 1. The van der Waals surface area contributed by atoms with Crippen LogP contribution in [0.15, 0.2) is 48.8 Å². The molecule has 0 aromatic carbocycles. The lowest BCUT2D eigenvalue weighted by molar-refractivity contribution is 0.0923. The van der Waals surface area contributed by atoms with Crippen molar-refractivity contribution in [3.8, 4) is 11.5 Å². The molecule has 1 saturated carbocycles. The number of hydrogen-bond acceptors (Lipinski definition) is 6. The maximum absolute atomic E-state index is 12.8. The minimum atomic E-state index is -0.201. The number of rotatable bonds is 5. The molecule has 1 aliphatic rings. The van der Waals surface area contributed by atoms with Crippen LogP contribution in [0, 0.1) is 6.92 Å². The number of aromatic nitrogens is 4. The monoisotopic (exact) mass is 474 g/mol. The summed E-state index contributed by atoms with van der Waals surface area (Å²) in [5.74, 6) is 0.508. The lowest BCUT2D eigenvalue weighted by Gasteiger charge is -2.31. The second-order valence-corrected chi connectivity index (χ2v) is 9.86. The molecule has 0 unspecified atom stereocenters. The molecule has 0 bridgehead atoms. The summed E-state index contributed by atoms with van der Waals surface area (Å²) in [5, 5.41) is 5.86. The second-order valence-electron chi connectivity index (χ2n) is 8.57. The Hall–Kier alpha value is -3.59. The minimum absolute atomic E-state index is 0.0162. The third kappa shape index (κ3) is 4.31. The number of imidazole rings is 1. The number of carbonyl (C=O) groups excluding carboxylic acids is 2. The molecule has 2 atom stereocenters. The Kier molecular flexibility index (Phi) is 6.10. The van der Waals surface area contributed by atoms with Gasteiger partial charge in [0.25, 0.3) is 11.8 Å². The first-order valence-corrected chi connectivity index (χ1v) is 12.2. The number of carbonyl (C=O) groups is 2. The predicted molar refractivity (Wildman–Crippen MR) is 132 cm³/mol. The molecule has 2 N–H and O–H groups in total. The van der Waals surface area contributed by atoms with Crippen LogP contribution in [-0.4, -0.2) is 44.4 Å². The summed E-state index contributed by atoms with van der Waals surface area (Å²) in [5.41, 5.74) is 2.59. The first kappa shape index (κ1) is 22.2. The minimum Gasteiger partial charge on any atom is -0.355 e. The van der Waals surface area contributed by atoms with Gasteiger partial charge < -0.3 is 15.2 Å². The zero-order valence-electron chi connectivity index (χ0n) is 19.1. The van der Waals surface area contributed by atoms with E-state index in [9.17, 15) is 9.59 Å². The van der Waals surface area contributed by atoms with E-state index >= 15 is 0 Å². The van der Waals surface area contributed by atoms with Crippen LogP contribution >= 0.6 is 11.3 Å². The van der Waals surface area contributed by atoms with Gasteiger partial charge in [-0.2, -0.15) is 0 Å². The molecule has 8 nitrogen and oxygen atoms in total. The summed E-state index contributed by atoms with van der Waals surface area (Å²) in [6.07, 6.45) is 6.98. The number of pyridine rings is 2. The number of nitrogens with zero attached hydrogens (tertiary/aromatic N) is 4. The molecular formula is C25H26N6O2S. The average molecular weight is 475 g/mol. The van der Waals surface area contributed by atoms with Gasteiger partial charge >= 0.3 is 0 Å². The maximum Gasteiger partial charge on any atom is 0.261 e. The van der Waals surface area contributed by atoms with Crippen LogP contribution in [0.25, 0.3) is 22.7 Å².